The molecule has 0 amide bonds. The summed E-state index contributed by atoms with van der Waals surface area (Å²) in [5.41, 5.74) is 1.10. The minimum atomic E-state index is -0.0494. The van der Waals surface area contributed by atoms with E-state index in [-0.39, 0.29) is 35.5 Å². The fourth-order valence-corrected chi connectivity index (χ4v) is 3.25. The fraction of sp³-hybridized carbons (Fsp3) is 0.500. The molecule has 1 unspecified atom stereocenters. The molecule has 0 saturated heterocycles. The molecule has 6 nitrogen and oxygen atoms in total. The number of thiazole rings is 1. The lowest BCUT2D eigenvalue weighted by Crippen LogP contribution is -2.41. The minimum absolute atomic E-state index is 0. The van der Waals surface area contributed by atoms with E-state index in [1.807, 2.05) is 31.2 Å². The van der Waals surface area contributed by atoms with Crippen molar-refractivity contribution in [2.45, 2.75) is 45.8 Å². The van der Waals surface area contributed by atoms with Crippen LogP contribution in [0.5, 0.6) is 11.5 Å². The molecule has 1 heterocycles. The second kappa shape index (κ2) is 11.5. The molecule has 1 atom stereocenters. The molecule has 0 spiro atoms. The van der Waals surface area contributed by atoms with Crippen LogP contribution in [0.15, 0.2) is 34.6 Å². The van der Waals surface area contributed by atoms with Crippen molar-refractivity contribution in [3.63, 3.8) is 0 Å². The van der Waals surface area contributed by atoms with Gasteiger partial charge in [-0.15, -0.1) is 35.3 Å². The van der Waals surface area contributed by atoms with Crippen LogP contribution >= 0.6 is 35.3 Å². The van der Waals surface area contributed by atoms with Crippen molar-refractivity contribution in [1.82, 2.24) is 15.6 Å². The van der Waals surface area contributed by atoms with Gasteiger partial charge in [-0.25, -0.2) is 4.98 Å². The largest absolute Gasteiger partial charge is 0.493 e. The van der Waals surface area contributed by atoms with Crippen LogP contribution in [0.2, 0.25) is 0 Å². The van der Waals surface area contributed by atoms with Crippen molar-refractivity contribution in [2.24, 2.45) is 4.99 Å². The van der Waals surface area contributed by atoms with Gasteiger partial charge in [0, 0.05) is 17.8 Å². The Kier molecular flexibility index (Phi) is 10.0. The minimum Gasteiger partial charge on any atom is -0.493 e. The highest BCUT2D eigenvalue weighted by Crippen LogP contribution is 2.27. The molecule has 1 aromatic carbocycles. The number of aliphatic imine (C=N–C) groups is 1. The third-order valence-corrected chi connectivity index (χ3v) is 5.12. The average Bonchev–Trinajstić information content (AvgIpc) is 3.12. The molecule has 0 aliphatic heterocycles. The topological polar surface area (TPSA) is 67.8 Å². The second-order valence-electron chi connectivity index (χ2n) is 7.28. The molecule has 0 radical (unpaired) electrons. The number of nitrogens with zero attached hydrogens (tertiary/aromatic N) is 2. The number of halogens is 1. The third kappa shape index (κ3) is 7.46. The lowest BCUT2D eigenvalue weighted by atomic mass is 9.98. The summed E-state index contributed by atoms with van der Waals surface area (Å²) in [5, 5.41) is 9.81. The highest BCUT2D eigenvalue weighted by atomic mass is 127. The van der Waals surface area contributed by atoms with Crippen LogP contribution in [0, 0.1) is 0 Å². The molecule has 2 rings (SSSR count). The van der Waals surface area contributed by atoms with Crippen molar-refractivity contribution >= 4 is 41.3 Å². The SMILES string of the molecule is CN=C(NCc1csc(C(C)(C)C)n1)NCC(C)Oc1ccccc1OC.I. The van der Waals surface area contributed by atoms with Crippen molar-refractivity contribution in [3.05, 3.63) is 40.3 Å². The van der Waals surface area contributed by atoms with Gasteiger partial charge in [-0.1, -0.05) is 32.9 Å². The highest BCUT2D eigenvalue weighted by molar-refractivity contribution is 14.0. The van der Waals surface area contributed by atoms with Crippen LogP contribution < -0.4 is 20.1 Å². The number of nitrogens with one attached hydrogen (secondary N) is 2. The first-order valence-corrected chi connectivity index (χ1v) is 9.90. The first-order valence-electron chi connectivity index (χ1n) is 9.02. The van der Waals surface area contributed by atoms with E-state index in [0.717, 1.165) is 28.2 Å². The Morgan fingerprint density at radius 2 is 1.89 bits per heavy atom. The molecular formula is C20H31IN4O2S. The molecule has 1 aromatic heterocycles. The standard InChI is InChI=1S/C20H30N4O2S.HI/c1-14(26-17-10-8-7-9-16(17)25-6)11-22-19(21-5)23-12-15-13-27-18(24-15)20(2,3)4;/h7-10,13-14H,11-12H2,1-6H3,(H2,21,22,23);1H. The number of guanidine groups is 1. The molecule has 156 valence electrons. The second-order valence-corrected chi connectivity index (χ2v) is 8.14. The molecule has 8 heteroatoms. The number of ether oxygens (including phenoxy) is 2. The molecule has 2 N–H and O–H groups in total. The molecule has 0 bridgehead atoms. The smallest absolute Gasteiger partial charge is 0.191 e. The van der Waals surface area contributed by atoms with Crippen molar-refractivity contribution in [3.8, 4) is 11.5 Å². The van der Waals surface area contributed by atoms with Gasteiger partial charge < -0.3 is 20.1 Å². The van der Waals surface area contributed by atoms with E-state index < -0.39 is 0 Å². The van der Waals surface area contributed by atoms with Gasteiger partial charge in [-0.05, 0) is 19.1 Å². The lowest BCUT2D eigenvalue weighted by Gasteiger charge is -2.19. The summed E-state index contributed by atoms with van der Waals surface area (Å²) in [4.78, 5) is 8.95. The highest BCUT2D eigenvalue weighted by Gasteiger charge is 2.18. The Morgan fingerprint density at radius 1 is 1.21 bits per heavy atom. The summed E-state index contributed by atoms with van der Waals surface area (Å²) < 4.78 is 11.3. The Hall–Kier alpha value is -1.55. The predicted molar refractivity (Wildman–Crippen MR) is 128 cm³/mol. The van der Waals surface area contributed by atoms with E-state index in [0.29, 0.717) is 13.1 Å². The van der Waals surface area contributed by atoms with Crippen LogP contribution in [-0.2, 0) is 12.0 Å². The van der Waals surface area contributed by atoms with E-state index >= 15 is 0 Å². The monoisotopic (exact) mass is 518 g/mol. The van der Waals surface area contributed by atoms with Crippen LogP contribution in [0.3, 0.4) is 0 Å². The fourth-order valence-electron chi connectivity index (χ4n) is 2.34. The summed E-state index contributed by atoms with van der Waals surface area (Å²) in [7, 11) is 3.39. The van der Waals surface area contributed by atoms with E-state index in [1.54, 1.807) is 25.5 Å². The van der Waals surface area contributed by atoms with Gasteiger partial charge in [0.15, 0.2) is 17.5 Å². The Morgan fingerprint density at radius 3 is 2.46 bits per heavy atom. The number of hydrogen-bond donors (Lipinski definition) is 2. The number of methoxy groups -OCH3 is 1. The number of para-hydroxylation sites is 2. The summed E-state index contributed by atoms with van der Waals surface area (Å²) in [6.45, 7) is 9.77. The van der Waals surface area contributed by atoms with E-state index in [2.05, 4.69) is 41.8 Å². The van der Waals surface area contributed by atoms with Crippen LogP contribution in [0.1, 0.15) is 38.4 Å². The molecular weight excluding hydrogens is 487 g/mol. The lowest BCUT2D eigenvalue weighted by molar-refractivity contribution is 0.213. The number of aromatic nitrogens is 1. The maximum atomic E-state index is 5.95. The molecule has 2 aromatic rings. The van der Waals surface area contributed by atoms with E-state index in [4.69, 9.17) is 14.5 Å². The zero-order chi connectivity index (χ0) is 19.9. The Bertz CT molecular complexity index is 759. The van der Waals surface area contributed by atoms with Gasteiger partial charge in [0.25, 0.3) is 0 Å². The molecule has 0 aliphatic carbocycles. The average molecular weight is 518 g/mol. The van der Waals surface area contributed by atoms with Crippen molar-refractivity contribution < 1.29 is 9.47 Å². The quantitative estimate of drug-likeness (QED) is 0.327. The van der Waals surface area contributed by atoms with Gasteiger partial charge >= 0.3 is 0 Å². The number of rotatable bonds is 7. The molecule has 28 heavy (non-hydrogen) atoms. The van der Waals surface area contributed by atoms with Gasteiger partial charge in [0.05, 0.1) is 30.9 Å². The summed E-state index contributed by atoms with van der Waals surface area (Å²) in [5.74, 6) is 2.18. The molecule has 0 saturated carbocycles. The maximum absolute atomic E-state index is 5.95. The van der Waals surface area contributed by atoms with E-state index in [1.165, 1.54) is 0 Å². The van der Waals surface area contributed by atoms with Gasteiger partial charge in [0.2, 0.25) is 0 Å². The van der Waals surface area contributed by atoms with Crippen LogP contribution in [0.25, 0.3) is 0 Å². The molecule has 0 aliphatic rings. The van der Waals surface area contributed by atoms with Gasteiger partial charge in [-0.3, -0.25) is 4.99 Å². The zero-order valence-corrected chi connectivity index (χ0v) is 20.6. The maximum Gasteiger partial charge on any atom is 0.191 e. The third-order valence-electron chi connectivity index (χ3n) is 3.81. The van der Waals surface area contributed by atoms with Crippen LogP contribution in [-0.4, -0.2) is 37.7 Å². The summed E-state index contributed by atoms with van der Waals surface area (Å²) in [6.07, 6.45) is -0.0494. The normalized spacial score (nSPS) is 12.7. The van der Waals surface area contributed by atoms with Gasteiger partial charge in [-0.2, -0.15) is 0 Å². The predicted octanol–water partition coefficient (Wildman–Crippen LogP) is 4.20. The van der Waals surface area contributed by atoms with Crippen molar-refractivity contribution in [1.29, 1.82) is 0 Å². The first kappa shape index (κ1) is 24.5. The zero-order valence-electron chi connectivity index (χ0n) is 17.4. The number of benzene rings is 1. The summed E-state index contributed by atoms with van der Waals surface area (Å²) >= 11 is 1.70. The van der Waals surface area contributed by atoms with Gasteiger partial charge in [0.1, 0.15) is 6.10 Å². The first-order chi connectivity index (χ1) is 12.8. The molecule has 0 fully saturated rings. The van der Waals surface area contributed by atoms with Crippen molar-refractivity contribution in [2.75, 3.05) is 20.7 Å². The number of hydrogen-bond acceptors (Lipinski definition) is 5. The summed E-state index contributed by atoms with van der Waals surface area (Å²) in [6, 6.07) is 7.63. The Labute approximate surface area is 189 Å². The van der Waals surface area contributed by atoms with E-state index in [9.17, 15) is 0 Å². The Balaban J connectivity index is 0.00000392. The van der Waals surface area contributed by atoms with Crippen LogP contribution in [0.4, 0.5) is 0 Å².